The first-order chi connectivity index (χ1) is 10.4. The maximum Gasteiger partial charge on any atom is 0.328 e. The Kier molecular flexibility index (Phi) is 5.15. The summed E-state index contributed by atoms with van der Waals surface area (Å²) in [6.07, 6.45) is 4.00. The van der Waals surface area contributed by atoms with E-state index < -0.39 is 0 Å². The molecule has 1 aliphatic rings. The van der Waals surface area contributed by atoms with E-state index >= 15 is 0 Å². The van der Waals surface area contributed by atoms with Crippen LogP contribution in [0.25, 0.3) is 0 Å². The second-order valence-electron chi connectivity index (χ2n) is 7.03. The summed E-state index contributed by atoms with van der Waals surface area (Å²) in [6, 6.07) is 8.29. The van der Waals surface area contributed by atoms with Gasteiger partial charge in [-0.15, -0.1) is 0 Å². The molecule has 1 aromatic carbocycles. The van der Waals surface area contributed by atoms with Crippen molar-refractivity contribution < 1.29 is 9.53 Å². The van der Waals surface area contributed by atoms with E-state index in [9.17, 15) is 4.79 Å². The zero-order valence-electron chi connectivity index (χ0n) is 14.6. The summed E-state index contributed by atoms with van der Waals surface area (Å²) in [7, 11) is 1.49. The average molecular weight is 303 g/mol. The predicted octanol–water partition coefficient (Wildman–Crippen LogP) is 4.51. The van der Waals surface area contributed by atoms with Gasteiger partial charge in [-0.1, -0.05) is 44.9 Å². The number of hydrogen-bond donors (Lipinski definition) is 0. The molecule has 0 aromatic heterocycles. The number of unbranched alkanes of at least 4 members (excludes halogenated alkanes) is 1. The van der Waals surface area contributed by atoms with E-state index in [1.165, 1.54) is 18.4 Å². The van der Waals surface area contributed by atoms with Crippen molar-refractivity contribution in [3.63, 3.8) is 0 Å². The van der Waals surface area contributed by atoms with Gasteiger partial charge in [-0.25, -0.2) is 4.79 Å². The lowest BCUT2D eigenvalue weighted by atomic mass is 9.78. The highest BCUT2D eigenvalue weighted by atomic mass is 16.5. The molecule has 0 aliphatic carbocycles. The van der Waals surface area contributed by atoms with Crippen molar-refractivity contribution in [3.05, 3.63) is 29.8 Å². The van der Waals surface area contributed by atoms with Gasteiger partial charge in [-0.05, 0) is 44.2 Å². The topological polar surface area (TPSA) is 29.5 Å². The van der Waals surface area contributed by atoms with Gasteiger partial charge in [0, 0.05) is 11.2 Å². The molecule has 22 heavy (non-hydrogen) atoms. The first-order valence-electron chi connectivity index (χ1n) is 8.38. The Balaban J connectivity index is 2.48. The van der Waals surface area contributed by atoms with Crippen molar-refractivity contribution in [1.29, 1.82) is 0 Å². The molecule has 0 fully saturated rings. The number of carbonyl (C=O) groups excluding carboxylic acids is 1. The minimum absolute atomic E-state index is 0.0552. The minimum atomic E-state index is -0.200. The molecular formula is C19H29NO2. The van der Waals surface area contributed by atoms with Crippen molar-refractivity contribution in [2.45, 2.75) is 70.9 Å². The average Bonchev–Trinajstić information content (AvgIpc) is 2.49. The van der Waals surface area contributed by atoms with E-state index in [-0.39, 0.29) is 17.6 Å². The largest absolute Gasteiger partial charge is 0.467 e. The van der Waals surface area contributed by atoms with E-state index in [1.54, 1.807) is 0 Å². The van der Waals surface area contributed by atoms with Crippen molar-refractivity contribution in [2.75, 3.05) is 12.0 Å². The van der Waals surface area contributed by atoms with Crippen LogP contribution in [0.2, 0.25) is 0 Å². The molecule has 0 bridgehead atoms. The third kappa shape index (κ3) is 3.13. The maximum atomic E-state index is 12.4. The van der Waals surface area contributed by atoms with Crippen LogP contribution in [0.15, 0.2) is 24.3 Å². The van der Waals surface area contributed by atoms with Crippen LogP contribution >= 0.6 is 0 Å². The fraction of sp³-hybridized carbons (Fsp3) is 0.632. The Morgan fingerprint density at radius 2 is 2.09 bits per heavy atom. The number of esters is 1. The van der Waals surface area contributed by atoms with Crippen LogP contribution in [0.1, 0.15) is 64.9 Å². The minimum Gasteiger partial charge on any atom is -0.467 e. The Hall–Kier alpha value is -1.51. The third-order valence-corrected chi connectivity index (χ3v) is 4.80. The van der Waals surface area contributed by atoms with Crippen molar-refractivity contribution in [3.8, 4) is 0 Å². The Morgan fingerprint density at radius 3 is 2.73 bits per heavy atom. The molecule has 3 nitrogen and oxygen atoms in total. The first-order valence-corrected chi connectivity index (χ1v) is 8.38. The van der Waals surface area contributed by atoms with Gasteiger partial charge in [0.25, 0.3) is 0 Å². The molecule has 0 N–H and O–H groups in total. The molecular weight excluding hydrogens is 274 g/mol. The highest BCUT2D eigenvalue weighted by Crippen LogP contribution is 2.44. The van der Waals surface area contributed by atoms with Crippen molar-refractivity contribution in [1.82, 2.24) is 0 Å². The van der Waals surface area contributed by atoms with Crippen molar-refractivity contribution >= 4 is 11.7 Å². The summed E-state index contributed by atoms with van der Waals surface area (Å²) in [5.74, 6) is 0.387. The van der Waals surface area contributed by atoms with E-state index in [2.05, 4.69) is 56.9 Å². The zero-order valence-corrected chi connectivity index (χ0v) is 14.6. The molecule has 1 heterocycles. The molecule has 0 saturated carbocycles. The van der Waals surface area contributed by atoms with Crippen LogP contribution in [0.5, 0.6) is 0 Å². The van der Waals surface area contributed by atoms with E-state index in [0.29, 0.717) is 5.92 Å². The SMILES string of the molecule is CCCC[C@@H](C(=O)OC)N1c2ccccc2[C@H](C)CC1(C)C. The summed E-state index contributed by atoms with van der Waals surface area (Å²) < 4.78 is 5.12. The fourth-order valence-corrected chi connectivity index (χ4v) is 3.88. The molecule has 0 spiro atoms. The molecule has 2 rings (SSSR count). The Morgan fingerprint density at radius 1 is 1.41 bits per heavy atom. The van der Waals surface area contributed by atoms with Gasteiger partial charge in [0.05, 0.1) is 7.11 Å². The standard InChI is InChI=1S/C19H29NO2/c1-6-7-11-17(18(21)22-5)20-16-12-9-8-10-15(16)14(2)13-19(20,3)4/h8-10,12,14,17H,6-7,11,13H2,1-5H3/t14-,17+/m1/s1. The number of rotatable bonds is 5. The van der Waals surface area contributed by atoms with Crippen LogP contribution in [0.4, 0.5) is 5.69 Å². The molecule has 0 unspecified atom stereocenters. The molecule has 2 atom stereocenters. The van der Waals surface area contributed by atoms with Gasteiger partial charge in [0.15, 0.2) is 0 Å². The number of hydrogen-bond acceptors (Lipinski definition) is 3. The van der Waals surface area contributed by atoms with Crippen LogP contribution < -0.4 is 4.90 Å². The van der Waals surface area contributed by atoms with Crippen LogP contribution in [-0.2, 0) is 9.53 Å². The molecule has 1 aromatic rings. The second kappa shape index (κ2) is 6.72. The summed E-state index contributed by atoms with van der Waals surface area (Å²) in [6.45, 7) is 8.91. The first kappa shape index (κ1) is 16.9. The molecule has 3 heteroatoms. The number of nitrogens with zero attached hydrogens (tertiary/aromatic N) is 1. The monoisotopic (exact) mass is 303 g/mol. The van der Waals surface area contributed by atoms with Gasteiger partial charge in [0.1, 0.15) is 6.04 Å². The molecule has 1 aliphatic heterocycles. The lowest BCUT2D eigenvalue weighted by molar-refractivity contribution is -0.142. The van der Waals surface area contributed by atoms with Gasteiger partial charge < -0.3 is 9.64 Å². The second-order valence-corrected chi connectivity index (χ2v) is 7.03. The summed E-state index contributed by atoms with van der Waals surface area (Å²) in [5.41, 5.74) is 2.48. The number of carbonyl (C=O) groups is 1. The van der Waals surface area contributed by atoms with Crippen LogP contribution in [-0.4, -0.2) is 24.7 Å². The number of fused-ring (bicyclic) bond motifs is 1. The molecule has 0 radical (unpaired) electrons. The highest BCUT2D eigenvalue weighted by molar-refractivity contribution is 5.81. The smallest absolute Gasteiger partial charge is 0.328 e. The third-order valence-electron chi connectivity index (χ3n) is 4.80. The van der Waals surface area contributed by atoms with Gasteiger partial charge in [0.2, 0.25) is 0 Å². The van der Waals surface area contributed by atoms with Gasteiger partial charge in [-0.2, -0.15) is 0 Å². The lowest BCUT2D eigenvalue weighted by Crippen LogP contribution is -2.56. The molecule has 0 amide bonds. The Labute approximate surface area is 134 Å². The highest BCUT2D eigenvalue weighted by Gasteiger charge is 2.42. The van der Waals surface area contributed by atoms with E-state index in [0.717, 1.165) is 25.7 Å². The summed E-state index contributed by atoms with van der Waals surface area (Å²) in [5, 5.41) is 0. The van der Waals surface area contributed by atoms with Crippen molar-refractivity contribution in [2.24, 2.45) is 0 Å². The molecule has 122 valence electrons. The van der Waals surface area contributed by atoms with Gasteiger partial charge in [-0.3, -0.25) is 0 Å². The molecule has 0 saturated heterocycles. The number of anilines is 1. The number of ether oxygens (including phenoxy) is 1. The quantitative estimate of drug-likeness (QED) is 0.750. The van der Waals surface area contributed by atoms with Crippen LogP contribution in [0, 0.1) is 0 Å². The van der Waals surface area contributed by atoms with Crippen LogP contribution in [0.3, 0.4) is 0 Å². The normalized spacial score (nSPS) is 21.1. The number of benzene rings is 1. The fourth-order valence-electron chi connectivity index (χ4n) is 3.88. The van der Waals surface area contributed by atoms with Gasteiger partial charge >= 0.3 is 5.97 Å². The van der Waals surface area contributed by atoms with E-state index in [4.69, 9.17) is 4.74 Å². The maximum absolute atomic E-state index is 12.4. The zero-order chi connectivity index (χ0) is 16.3. The number of methoxy groups -OCH3 is 1. The predicted molar refractivity (Wildman–Crippen MR) is 91.4 cm³/mol. The lowest BCUT2D eigenvalue weighted by Gasteiger charge is -2.50. The Bertz CT molecular complexity index is 524. The summed E-state index contributed by atoms with van der Waals surface area (Å²) >= 11 is 0. The van der Waals surface area contributed by atoms with E-state index in [1.807, 2.05) is 0 Å². The number of para-hydroxylation sites is 1. The summed E-state index contributed by atoms with van der Waals surface area (Å²) in [4.78, 5) is 14.7.